The minimum atomic E-state index is -1.21. The fourth-order valence-corrected chi connectivity index (χ4v) is 2.98. The first-order valence-electron chi connectivity index (χ1n) is 9.97. The average molecular weight is 427 g/mol. The van der Waals surface area contributed by atoms with E-state index in [-0.39, 0.29) is 6.61 Å². The van der Waals surface area contributed by atoms with Gasteiger partial charge in [-0.05, 0) is 56.3 Å². The highest BCUT2D eigenvalue weighted by Gasteiger charge is 2.16. The number of aryl methyl sites for hydroxylation is 2. The predicted octanol–water partition coefficient (Wildman–Crippen LogP) is 2.97. The zero-order chi connectivity index (χ0) is 22.6. The number of aliphatic carboxylic acids is 1. The number of hydrogen-bond acceptors (Lipinski definition) is 6. The van der Waals surface area contributed by atoms with Crippen LogP contribution >= 0.6 is 0 Å². The lowest BCUT2D eigenvalue weighted by atomic mass is 10.0. The quantitative estimate of drug-likeness (QED) is 0.412. The van der Waals surface area contributed by atoms with Crippen LogP contribution in [0.3, 0.4) is 0 Å². The molecular formula is C24H29NO6. The van der Waals surface area contributed by atoms with Gasteiger partial charge in [0.05, 0.1) is 7.11 Å². The van der Waals surface area contributed by atoms with Crippen molar-refractivity contribution >= 4 is 11.9 Å². The Morgan fingerprint density at radius 1 is 1.03 bits per heavy atom. The second kappa shape index (κ2) is 12.4. The van der Waals surface area contributed by atoms with Crippen LogP contribution in [0.4, 0.5) is 0 Å². The Balaban J connectivity index is 1.99. The number of rotatable bonds is 12. The van der Waals surface area contributed by atoms with Gasteiger partial charge in [0.2, 0.25) is 0 Å². The molecule has 0 radical (unpaired) electrons. The standard InChI is InChI=1S/C24H29NO6/c1-25(2)16-21(31-24(28)15-14-23(26)27)17-30-22-7-5-4-6-19(22)11-8-18-9-12-20(29-3)13-10-18/h4-7,9-10,12-15,21H,8,11,16-17H2,1-3H3,(H,26,27)/b15-14+/t21-/m1/s1. The maximum Gasteiger partial charge on any atom is 0.331 e. The minimum absolute atomic E-state index is 0.157. The number of ether oxygens (including phenoxy) is 3. The van der Waals surface area contributed by atoms with E-state index in [0.29, 0.717) is 6.54 Å². The molecular weight excluding hydrogens is 398 g/mol. The first kappa shape index (κ1) is 24.0. The number of benzene rings is 2. The molecule has 0 saturated carbocycles. The molecule has 1 atom stereocenters. The van der Waals surface area contributed by atoms with Gasteiger partial charge in [-0.3, -0.25) is 0 Å². The van der Waals surface area contributed by atoms with E-state index in [1.807, 2.05) is 67.5 Å². The van der Waals surface area contributed by atoms with Crippen molar-refractivity contribution in [2.45, 2.75) is 18.9 Å². The van der Waals surface area contributed by atoms with Crippen LogP contribution in [0.1, 0.15) is 11.1 Å². The molecule has 0 aliphatic heterocycles. The Labute approximate surface area is 182 Å². The van der Waals surface area contributed by atoms with Crippen molar-refractivity contribution in [3.63, 3.8) is 0 Å². The van der Waals surface area contributed by atoms with E-state index in [4.69, 9.17) is 19.3 Å². The van der Waals surface area contributed by atoms with Gasteiger partial charge in [0, 0.05) is 18.7 Å². The van der Waals surface area contributed by atoms with Gasteiger partial charge in [0.1, 0.15) is 24.2 Å². The van der Waals surface area contributed by atoms with Gasteiger partial charge in [-0.25, -0.2) is 9.59 Å². The Morgan fingerprint density at radius 3 is 2.39 bits per heavy atom. The highest BCUT2D eigenvalue weighted by atomic mass is 16.6. The molecule has 2 aromatic carbocycles. The van der Waals surface area contributed by atoms with E-state index in [1.54, 1.807) is 7.11 Å². The van der Waals surface area contributed by atoms with Gasteiger partial charge in [-0.1, -0.05) is 30.3 Å². The molecule has 0 fully saturated rings. The number of likely N-dealkylation sites (N-methyl/N-ethyl adjacent to an activating group) is 1. The van der Waals surface area contributed by atoms with Crippen molar-refractivity contribution in [1.29, 1.82) is 0 Å². The monoisotopic (exact) mass is 427 g/mol. The molecule has 166 valence electrons. The van der Waals surface area contributed by atoms with Gasteiger partial charge in [0.15, 0.2) is 0 Å². The number of esters is 1. The number of methoxy groups -OCH3 is 1. The molecule has 7 nitrogen and oxygen atoms in total. The molecule has 2 rings (SSSR count). The summed E-state index contributed by atoms with van der Waals surface area (Å²) in [7, 11) is 5.36. The average Bonchev–Trinajstić information content (AvgIpc) is 2.75. The van der Waals surface area contributed by atoms with Crippen molar-refractivity contribution in [3.8, 4) is 11.5 Å². The predicted molar refractivity (Wildman–Crippen MR) is 118 cm³/mol. The summed E-state index contributed by atoms with van der Waals surface area (Å²) in [5, 5.41) is 8.65. The highest BCUT2D eigenvalue weighted by molar-refractivity contribution is 5.90. The zero-order valence-electron chi connectivity index (χ0n) is 18.1. The van der Waals surface area contributed by atoms with Crippen LogP contribution in [-0.2, 0) is 27.2 Å². The van der Waals surface area contributed by atoms with Gasteiger partial charge in [-0.15, -0.1) is 0 Å². The van der Waals surface area contributed by atoms with Crippen LogP contribution in [0.2, 0.25) is 0 Å². The molecule has 0 aliphatic carbocycles. The van der Waals surface area contributed by atoms with Crippen molar-refractivity contribution in [3.05, 3.63) is 71.8 Å². The second-order valence-electron chi connectivity index (χ2n) is 7.26. The Hall–Kier alpha value is -3.32. The summed E-state index contributed by atoms with van der Waals surface area (Å²) in [6.07, 6.45) is 2.75. The first-order chi connectivity index (χ1) is 14.9. The van der Waals surface area contributed by atoms with Crippen molar-refractivity contribution < 1.29 is 28.9 Å². The summed E-state index contributed by atoms with van der Waals surface area (Å²) < 4.78 is 16.5. The Bertz CT molecular complexity index is 876. The molecule has 0 bridgehead atoms. The Kier molecular flexibility index (Phi) is 9.58. The maximum absolute atomic E-state index is 11.9. The fourth-order valence-electron chi connectivity index (χ4n) is 2.98. The van der Waals surface area contributed by atoms with Gasteiger partial charge >= 0.3 is 11.9 Å². The largest absolute Gasteiger partial charge is 0.497 e. The lowest BCUT2D eigenvalue weighted by Crippen LogP contribution is -2.34. The Morgan fingerprint density at radius 2 is 1.74 bits per heavy atom. The van der Waals surface area contributed by atoms with Crippen LogP contribution in [0.25, 0.3) is 0 Å². The van der Waals surface area contributed by atoms with Crippen LogP contribution in [0.5, 0.6) is 11.5 Å². The molecule has 0 aliphatic rings. The number of carbonyl (C=O) groups excluding carboxylic acids is 1. The van der Waals surface area contributed by atoms with Crippen LogP contribution in [0.15, 0.2) is 60.7 Å². The van der Waals surface area contributed by atoms with Crippen LogP contribution in [-0.4, -0.2) is 62.4 Å². The zero-order valence-corrected chi connectivity index (χ0v) is 18.1. The highest BCUT2D eigenvalue weighted by Crippen LogP contribution is 2.21. The number of carbonyl (C=O) groups is 2. The third kappa shape index (κ3) is 8.92. The summed E-state index contributed by atoms with van der Waals surface area (Å²) in [6.45, 7) is 0.602. The summed E-state index contributed by atoms with van der Waals surface area (Å²) >= 11 is 0. The van der Waals surface area contributed by atoms with Crippen LogP contribution < -0.4 is 9.47 Å². The third-order valence-electron chi connectivity index (χ3n) is 4.45. The second-order valence-corrected chi connectivity index (χ2v) is 7.26. The molecule has 31 heavy (non-hydrogen) atoms. The third-order valence-corrected chi connectivity index (χ3v) is 4.45. The number of carboxylic acids is 1. The van der Waals surface area contributed by atoms with Gasteiger partial charge in [-0.2, -0.15) is 0 Å². The summed E-state index contributed by atoms with van der Waals surface area (Å²) in [4.78, 5) is 24.3. The summed E-state index contributed by atoms with van der Waals surface area (Å²) in [5.74, 6) is -0.363. The number of hydrogen-bond donors (Lipinski definition) is 1. The summed E-state index contributed by atoms with van der Waals surface area (Å²) in [6, 6.07) is 15.7. The normalized spacial score (nSPS) is 12.0. The van der Waals surface area contributed by atoms with E-state index in [9.17, 15) is 9.59 Å². The molecule has 2 aromatic rings. The first-order valence-corrected chi connectivity index (χ1v) is 9.97. The van der Waals surface area contributed by atoms with E-state index >= 15 is 0 Å². The van der Waals surface area contributed by atoms with E-state index in [2.05, 4.69) is 0 Å². The number of nitrogens with zero attached hydrogens (tertiary/aromatic N) is 1. The van der Waals surface area contributed by atoms with E-state index < -0.39 is 18.0 Å². The lowest BCUT2D eigenvalue weighted by Gasteiger charge is -2.22. The molecule has 0 saturated heterocycles. The molecule has 0 amide bonds. The van der Waals surface area contributed by atoms with Crippen molar-refractivity contribution in [2.24, 2.45) is 0 Å². The molecule has 0 heterocycles. The maximum atomic E-state index is 11.9. The van der Waals surface area contributed by atoms with Crippen molar-refractivity contribution in [1.82, 2.24) is 4.90 Å². The summed E-state index contributed by atoms with van der Waals surface area (Å²) in [5.41, 5.74) is 2.25. The smallest absolute Gasteiger partial charge is 0.331 e. The molecule has 0 spiro atoms. The molecule has 7 heteroatoms. The lowest BCUT2D eigenvalue weighted by molar-refractivity contribution is -0.145. The minimum Gasteiger partial charge on any atom is -0.497 e. The number of carboxylic acid groups (broad SMARTS) is 1. The van der Waals surface area contributed by atoms with Gasteiger partial charge in [0.25, 0.3) is 0 Å². The fraction of sp³-hybridized carbons (Fsp3) is 0.333. The molecule has 0 unspecified atom stereocenters. The SMILES string of the molecule is COc1ccc(CCc2ccccc2OC[C@@H](CN(C)C)OC(=O)/C=C/C(=O)O)cc1. The van der Waals surface area contributed by atoms with E-state index in [0.717, 1.165) is 42.1 Å². The molecule has 1 N–H and O–H groups in total. The van der Waals surface area contributed by atoms with Gasteiger partial charge < -0.3 is 24.2 Å². The van der Waals surface area contributed by atoms with E-state index in [1.165, 1.54) is 5.56 Å². The van der Waals surface area contributed by atoms with Crippen molar-refractivity contribution in [2.75, 3.05) is 34.4 Å². The van der Waals surface area contributed by atoms with Crippen LogP contribution in [0, 0.1) is 0 Å². The number of para-hydroxylation sites is 1. The topological polar surface area (TPSA) is 85.3 Å². The molecule has 0 aromatic heterocycles.